The van der Waals surface area contributed by atoms with Crippen LogP contribution in [0.15, 0.2) is 42.5 Å². The zero-order valence-corrected chi connectivity index (χ0v) is 10.7. The van der Waals surface area contributed by atoms with E-state index >= 15 is 0 Å². The second-order valence-corrected chi connectivity index (χ2v) is 4.42. The van der Waals surface area contributed by atoms with Crippen molar-refractivity contribution in [2.45, 2.75) is 12.2 Å². The van der Waals surface area contributed by atoms with Crippen LogP contribution in [0.25, 0.3) is 10.8 Å². The SMILES string of the molecule is NNC(COCC(F)(F)F)c1cccc2ccccc12. The molecule has 6 heteroatoms. The highest BCUT2D eigenvalue weighted by Crippen LogP contribution is 2.24. The summed E-state index contributed by atoms with van der Waals surface area (Å²) in [7, 11) is 0. The molecule has 3 nitrogen and oxygen atoms in total. The Hall–Kier alpha value is -1.63. The first-order valence-electron chi connectivity index (χ1n) is 6.09. The quantitative estimate of drug-likeness (QED) is 0.655. The van der Waals surface area contributed by atoms with Gasteiger partial charge < -0.3 is 4.74 Å². The van der Waals surface area contributed by atoms with Gasteiger partial charge in [-0.2, -0.15) is 13.2 Å². The maximum Gasteiger partial charge on any atom is 0.411 e. The molecular weight excluding hydrogens is 269 g/mol. The minimum atomic E-state index is -4.34. The van der Waals surface area contributed by atoms with E-state index < -0.39 is 18.8 Å². The Morgan fingerprint density at radius 3 is 2.50 bits per heavy atom. The number of benzene rings is 2. The van der Waals surface area contributed by atoms with Crippen LogP contribution in [-0.4, -0.2) is 19.4 Å². The lowest BCUT2D eigenvalue weighted by molar-refractivity contribution is -0.175. The molecule has 0 spiro atoms. The van der Waals surface area contributed by atoms with Crippen LogP contribution in [0.5, 0.6) is 0 Å². The molecule has 2 aromatic rings. The molecule has 0 bridgehead atoms. The van der Waals surface area contributed by atoms with Crippen molar-refractivity contribution in [1.82, 2.24) is 5.43 Å². The van der Waals surface area contributed by atoms with Gasteiger partial charge >= 0.3 is 6.18 Å². The average molecular weight is 284 g/mol. The Morgan fingerprint density at radius 1 is 1.10 bits per heavy atom. The van der Waals surface area contributed by atoms with Gasteiger partial charge in [0.1, 0.15) is 6.61 Å². The molecule has 0 saturated carbocycles. The largest absolute Gasteiger partial charge is 0.411 e. The number of hydrazine groups is 1. The number of hydrogen-bond donors (Lipinski definition) is 2. The van der Waals surface area contributed by atoms with Gasteiger partial charge in [0, 0.05) is 0 Å². The van der Waals surface area contributed by atoms with Crippen molar-refractivity contribution < 1.29 is 17.9 Å². The second-order valence-electron chi connectivity index (χ2n) is 4.42. The molecular formula is C14H15F3N2O. The standard InChI is InChI=1S/C14H15F3N2O/c15-14(16,17)9-20-8-13(19-18)12-7-3-5-10-4-1-2-6-11(10)12/h1-7,13,19H,8-9,18H2. The Bertz CT molecular complexity index is 566. The summed E-state index contributed by atoms with van der Waals surface area (Å²) in [5, 5.41) is 1.94. The van der Waals surface area contributed by atoms with Gasteiger partial charge in [-0.3, -0.25) is 11.3 Å². The summed E-state index contributed by atoms with van der Waals surface area (Å²) in [6, 6.07) is 12.7. The van der Waals surface area contributed by atoms with Crippen molar-refractivity contribution in [3.05, 3.63) is 48.0 Å². The molecule has 0 saturated heterocycles. The zero-order chi connectivity index (χ0) is 14.6. The van der Waals surface area contributed by atoms with Crippen LogP contribution >= 0.6 is 0 Å². The first-order chi connectivity index (χ1) is 9.51. The van der Waals surface area contributed by atoms with Crippen LogP contribution in [0, 0.1) is 0 Å². The number of alkyl halides is 3. The van der Waals surface area contributed by atoms with Crippen LogP contribution in [0.2, 0.25) is 0 Å². The minimum Gasteiger partial charge on any atom is -0.370 e. The third kappa shape index (κ3) is 3.69. The van der Waals surface area contributed by atoms with Gasteiger partial charge in [-0.05, 0) is 16.3 Å². The number of halogens is 3. The summed E-state index contributed by atoms with van der Waals surface area (Å²) in [6.45, 7) is -1.43. The molecule has 0 heterocycles. The average Bonchev–Trinajstić information content (AvgIpc) is 2.42. The minimum absolute atomic E-state index is 0.149. The van der Waals surface area contributed by atoms with Crippen molar-refractivity contribution >= 4 is 10.8 Å². The predicted molar refractivity (Wildman–Crippen MR) is 70.9 cm³/mol. The number of nitrogens with one attached hydrogen (secondary N) is 1. The normalized spacial score (nSPS) is 13.6. The number of rotatable bonds is 5. The number of nitrogens with two attached hydrogens (primary N) is 1. The fourth-order valence-electron chi connectivity index (χ4n) is 2.07. The summed E-state index contributed by atoms with van der Waals surface area (Å²) >= 11 is 0. The maximum atomic E-state index is 12.1. The van der Waals surface area contributed by atoms with Gasteiger partial charge in [-0.15, -0.1) is 0 Å². The Kier molecular flexibility index (Phi) is 4.59. The van der Waals surface area contributed by atoms with Crippen LogP contribution in [0.1, 0.15) is 11.6 Å². The summed E-state index contributed by atoms with van der Waals surface area (Å²) in [5.74, 6) is 5.43. The molecule has 2 rings (SSSR count). The predicted octanol–water partition coefficient (Wildman–Crippen LogP) is 2.92. The van der Waals surface area contributed by atoms with E-state index in [-0.39, 0.29) is 6.61 Å². The molecule has 108 valence electrons. The molecule has 1 atom stereocenters. The molecule has 0 aliphatic carbocycles. The maximum absolute atomic E-state index is 12.1. The molecule has 0 fully saturated rings. The van der Waals surface area contributed by atoms with Crippen molar-refractivity contribution in [2.75, 3.05) is 13.2 Å². The molecule has 2 aromatic carbocycles. The van der Waals surface area contributed by atoms with E-state index in [1.54, 1.807) is 0 Å². The molecule has 20 heavy (non-hydrogen) atoms. The number of hydrogen-bond acceptors (Lipinski definition) is 3. The lowest BCUT2D eigenvalue weighted by Crippen LogP contribution is -2.32. The molecule has 0 aromatic heterocycles. The van der Waals surface area contributed by atoms with E-state index in [4.69, 9.17) is 5.84 Å². The third-order valence-electron chi connectivity index (χ3n) is 2.95. The second kappa shape index (κ2) is 6.21. The first kappa shape index (κ1) is 14.8. The number of fused-ring (bicyclic) bond motifs is 1. The molecule has 0 aliphatic rings. The molecule has 0 aliphatic heterocycles. The van der Waals surface area contributed by atoms with Gasteiger partial charge in [-0.1, -0.05) is 42.5 Å². The smallest absolute Gasteiger partial charge is 0.370 e. The van der Waals surface area contributed by atoms with Crippen LogP contribution < -0.4 is 11.3 Å². The lowest BCUT2D eigenvalue weighted by Gasteiger charge is -2.19. The zero-order valence-electron chi connectivity index (χ0n) is 10.7. The number of ether oxygens (including phenoxy) is 1. The highest BCUT2D eigenvalue weighted by molar-refractivity contribution is 5.86. The van der Waals surface area contributed by atoms with Crippen LogP contribution in [0.3, 0.4) is 0 Å². The van der Waals surface area contributed by atoms with Crippen molar-refractivity contribution in [1.29, 1.82) is 0 Å². The Morgan fingerprint density at radius 2 is 1.80 bits per heavy atom. The van der Waals surface area contributed by atoms with Gasteiger partial charge in [0.15, 0.2) is 0 Å². The molecule has 0 amide bonds. The van der Waals surface area contributed by atoms with Crippen molar-refractivity contribution in [3.8, 4) is 0 Å². The van der Waals surface area contributed by atoms with Crippen molar-refractivity contribution in [2.24, 2.45) is 5.84 Å². The van der Waals surface area contributed by atoms with Gasteiger partial charge in [0.25, 0.3) is 0 Å². The fourth-order valence-corrected chi connectivity index (χ4v) is 2.07. The summed E-state index contributed by atoms with van der Waals surface area (Å²) < 4.78 is 41.0. The van der Waals surface area contributed by atoms with E-state index in [2.05, 4.69) is 10.2 Å². The highest BCUT2D eigenvalue weighted by atomic mass is 19.4. The third-order valence-corrected chi connectivity index (χ3v) is 2.95. The molecule has 3 N–H and O–H groups in total. The van der Waals surface area contributed by atoms with Crippen molar-refractivity contribution in [3.63, 3.8) is 0 Å². The van der Waals surface area contributed by atoms with Crippen LogP contribution in [0.4, 0.5) is 13.2 Å². The van der Waals surface area contributed by atoms with E-state index in [1.807, 2.05) is 42.5 Å². The van der Waals surface area contributed by atoms with E-state index in [1.165, 1.54) is 0 Å². The van der Waals surface area contributed by atoms with Gasteiger partial charge in [0.05, 0.1) is 12.6 Å². The summed E-state index contributed by atoms with van der Waals surface area (Å²) in [4.78, 5) is 0. The monoisotopic (exact) mass is 284 g/mol. The van der Waals surface area contributed by atoms with E-state index in [0.29, 0.717) is 0 Å². The molecule has 0 radical (unpaired) electrons. The summed E-state index contributed by atoms with van der Waals surface area (Å²) in [5.41, 5.74) is 3.32. The van der Waals surface area contributed by atoms with Gasteiger partial charge in [0.2, 0.25) is 0 Å². The first-order valence-corrected chi connectivity index (χ1v) is 6.09. The topological polar surface area (TPSA) is 47.3 Å². The Labute approximate surface area is 114 Å². The Balaban J connectivity index is 2.17. The summed E-state index contributed by atoms with van der Waals surface area (Å²) in [6.07, 6.45) is -4.34. The van der Waals surface area contributed by atoms with Crippen LogP contribution in [-0.2, 0) is 4.74 Å². The van der Waals surface area contributed by atoms with Gasteiger partial charge in [-0.25, -0.2) is 0 Å². The highest BCUT2D eigenvalue weighted by Gasteiger charge is 2.28. The van der Waals surface area contributed by atoms with E-state index in [0.717, 1.165) is 16.3 Å². The van der Waals surface area contributed by atoms with E-state index in [9.17, 15) is 13.2 Å². The lowest BCUT2D eigenvalue weighted by atomic mass is 9.99. The molecule has 1 unspecified atom stereocenters. The fraction of sp³-hybridized carbons (Fsp3) is 0.286.